The van der Waals surface area contributed by atoms with E-state index in [1.54, 1.807) is 18.2 Å². The maximum absolute atomic E-state index is 13.3. The first-order chi connectivity index (χ1) is 14.7. The Morgan fingerprint density at radius 2 is 1.80 bits per heavy atom. The number of likely N-dealkylation sites (tertiary alicyclic amines) is 1. The lowest BCUT2D eigenvalue weighted by atomic mass is 10.1. The van der Waals surface area contributed by atoms with Gasteiger partial charge in [0.1, 0.15) is 11.1 Å². The van der Waals surface area contributed by atoms with Gasteiger partial charge in [0.15, 0.2) is 11.0 Å². The molecule has 1 saturated heterocycles. The van der Waals surface area contributed by atoms with Crippen molar-refractivity contribution in [1.29, 1.82) is 0 Å². The first kappa shape index (κ1) is 20.3. The first-order valence-electron chi connectivity index (χ1n) is 9.98. The quantitative estimate of drug-likeness (QED) is 0.408. The van der Waals surface area contributed by atoms with Gasteiger partial charge in [-0.05, 0) is 42.7 Å². The monoisotopic (exact) mass is 422 g/mol. The van der Waals surface area contributed by atoms with Crippen LogP contribution in [0.3, 0.4) is 0 Å². The molecule has 0 spiro atoms. The molecule has 0 N–H and O–H groups in total. The minimum absolute atomic E-state index is 0.0974. The summed E-state index contributed by atoms with van der Waals surface area (Å²) in [6.07, 6.45) is 3.85. The lowest BCUT2D eigenvalue weighted by molar-refractivity contribution is -0.129. The van der Waals surface area contributed by atoms with Crippen LogP contribution in [-0.4, -0.2) is 38.7 Å². The van der Waals surface area contributed by atoms with Gasteiger partial charge in [-0.1, -0.05) is 48.2 Å². The zero-order valence-corrected chi connectivity index (χ0v) is 17.4. The van der Waals surface area contributed by atoms with Crippen molar-refractivity contribution in [2.75, 3.05) is 13.1 Å². The Kier molecular flexibility index (Phi) is 6.28. The Labute approximate surface area is 179 Å². The topological polar surface area (TPSA) is 51.0 Å². The van der Waals surface area contributed by atoms with Crippen molar-refractivity contribution in [3.05, 3.63) is 78.6 Å². The van der Waals surface area contributed by atoms with Crippen LogP contribution in [0.15, 0.2) is 72.4 Å². The van der Waals surface area contributed by atoms with Crippen molar-refractivity contribution in [3.8, 4) is 11.4 Å². The molecule has 1 aliphatic rings. The molecule has 154 valence electrons. The fourth-order valence-electron chi connectivity index (χ4n) is 3.58. The van der Waals surface area contributed by atoms with Gasteiger partial charge in [-0.25, -0.2) is 4.39 Å². The third-order valence-corrected chi connectivity index (χ3v) is 6.32. The molecule has 1 atom stereocenters. The first-order valence-corrected chi connectivity index (χ1v) is 10.9. The smallest absolute Gasteiger partial charge is 0.240 e. The predicted octanol–water partition coefficient (Wildman–Crippen LogP) is 4.73. The van der Waals surface area contributed by atoms with E-state index in [-0.39, 0.29) is 11.7 Å². The number of hydrogen-bond donors (Lipinski definition) is 0. The molecule has 0 radical (unpaired) electrons. The largest absolute Gasteiger partial charge is 0.341 e. The van der Waals surface area contributed by atoms with E-state index in [0.717, 1.165) is 37.1 Å². The van der Waals surface area contributed by atoms with Gasteiger partial charge in [-0.2, -0.15) is 0 Å². The van der Waals surface area contributed by atoms with Gasteiger partial charge >= 0.3 is 0 Å². The Hall–Kier alpha value is -2.93. The minimum atomic E-state index is -0.405. The molecule has 0 bridgehead atoms. The summed E-state index contributed by atoms with van der Waals surface area (Å²) in [6, 6.07) is 15.9. The third kappa shape index (κ3) is 4.31. The van der Waals surface area contributed by atoms with E-state index in [0.29, 0.717) is 17.5 Å². The maximum Gasteiger partial charge on any atom is 0.240 e. The number of carbonyl (C=O) groups excluding carboxylic acids is 1. The highest BCUT2D eigenvalue weighted by atomic mass is 32.2. The molecule has 30 heavy (non-hydrogen) atoms. The van der Waals surface area contributed by atoms with Gasteiger partial charge in [0, 0.05) is 25.2 Å². The standard InChI is InChI=1S/C23H23FN4OS/c1-2-14-28-21(18-10-12-19(24)13-11-18)25-26-23(28)30-20(17-8-4-3-5-9-17)22(29)27-15-6-7-16-27/h2-5,8-13,20H,1,6-7,14-16H2/t20-/m0/s1. The van der Waals surface area contributed by atoms with Gasteiger partial charge in [-0.3, -0.25) is 9.36 Å². The molecular formula is C23H23FN4OS. The zero-order valence-electron chi connectivity index (χ0n) is 16.6. The lowest BCUT2D eigenvalue weighted by Gasteiger charge is -2.23. The highest BCUT2D eigenvalue weighted by molar-refractivity contribution is 8.00. The number of allylic oxidation sites excluding steroid dienone is 1. The van der Waals surface area contributed by atoms with E-state index in [4.69, 9.17) is 0 Å². The van der Waals surface area contributed by atoms with Crippen LogP contribution in [0.25, 0.3) is 11.4 Å². The molecule has 1 aliphatic heterocycles. The second-order valence-electron chi connectivity index (χ2n) is 7.15. The number of halogens is 1. The van der Waals surface area contributed by atoms with Gasteiger partial charge in [-0.15, -0.1) is 16.8 Å². The number of benzene rings is 2. The molecule has 2 aromatic carbocycles. The van der Waals surface area contributed by atoms with Crippen LogP contribution in [0.4, 0.5) is 4.39 Å². The number of thioether (sulfide) groups is 1. The maximum atomic E-state index is 13.3. The number of hydrogen-bond acceptors (Lipinski definition) is 4. The molecule has 5 nitrogen and oxygen atoms in total. The van der Waals surface area contributed by atoms with Crippen molar-refractivity contribution in [3.63, 3.8) is 0 Å². The van der Waals surface area contributed by atoms with Crippen molar-refractivity contribution < 1.29 is 9.18 Å². The summed E-state index contributed by atoms with van der Waals surface area (Å²) in [5.74, 6) is 0.418. The van der Waals surface area contributed by atoms with Crippen molar-refractivity contribution in [1.82, 2.24) is 19.7 Å². The summed E-state index contributed by atoms with van der Waals surface area (Å²) in [5, 5.41) is 8.94. The summed E-state index contributed by atoms with van der Waals surface area (Å²) >= 11 is 1.40. The molecule has 1 amide bonds. The van der Waals surface area contributed by atoms with Crippen LogP contribution in [0.2, 0.25) is 0 Å². The normalized spacial score (nSPS) is 14.6. The Morgan fingerprint density at radius 1 is 1.10 bits per heavy atom. The highest BCUT2D eigenvalue weighted by Gasteiger charge is 2.30. The SMILES string of the molecule is C=CCn1c(S[C@H](C(=O)N2CCCC2)c2ccccc2)nnc1-c1ccc(F)cc1. The Morgan fingerprint density at radius 3 is 2.47 bits per heavy atom. The molecular weight excluding hydrogens is 399 g/mol. The van der Waals surface area contributed by atoms with E-state index in [1.807, 2.05) is 39.8 Å². The van der Waals surface area contributed by atoms with E-state index in [9.17, 15) is 9.18 Å². The fraction of sp³-hybridized carbons (Fsp3) is 0.261. The van der Waals surface area contributed by atoms with Crippen molar-refractivity contribution in [2.24, 2.45) is 0 Å². The average molecular weight is 423 g/mol. The summed E-state index contributed by atoms with van der Waals surface area (Å²) < 4.78 is 15.3. The van der Waals surface area contributed by atoms with Crippen LogP contribution in [0.5, 0.6) is 0 Å². The molecule has 1 aromatic heterocycles. The predicted molar refractivity (Wildman–Crippen MR) is 116 cm³/mol. The Balaban J connectivity index is 1.69. The summed E-state index contributed by atoms with van der Waals surface area (Å²) in [6.45, 7) is 5.92. The molecule has 0 unspecified atom stereocenters. The van der Waals surface area contributed by atoms with Crippen LogP contribution in [-0.2, 0) is 11.3 Å². The summed E-state index contributed by atoms with van der Waals surface area (Å²) in [4.78, 5) is 15.2. The lowest BCUT2D eigenvalue weighted by Crippen LogP contribution is -2.31. The zero-order chi connectivity index (χ0) is 20.9. The number of amides is 1. The van der Waals surface area contributed by atoms with Crippen molar-refractivity contribution >= 4 is 17.7 Å². The number of aromatic nitrogens is 3. The molecule has 2 heterocycles. The van der Waals surface area contributed by atoms with Crippen LogP contribution in [0, 0.1) is 5.82 Å². The molecule has 7 heteroatoms. The summed E-state index contributed by atoms with van der Waals surface area (Å²) in [5.41, 5.74) is 1.70. The van der Waals surface area contributed by atoms with E-state index in [2.05, 4.69) is 16.8 Å². The van der Waals surface area contributed by atoms with Crippen molar-refractivity contribution in [2.45, 2.75) is 29.8 Å². The van der Waals surface area contributed by atoms with Gasteiger partial charge in [0.2, 0.25) is 5.91 Å². The molecule has 1 fully saturated rings. The molecule has 3 aromatic rings. The van der Waals surface area contributed by atoms with E-state index < -0.39 is 5.25 Å². The number of rotatable bonds is 7. The van der Waals surface area contributed by atoms with Crippen LogP contribution < -0.4 is 0 Å². The average Bonchev–Trinajstić information content (AvgIpc) is 3.44. The van der Waals surface area contributed by atoms with Crippen LogP contribution >= 0.6 is 11.8 Å². The van der Waals surface area contributed by atoms with Gasteiger partial charge in [0.05, 0.1) is 0 Å². The van der Waals surface area contributed by atoms with E-state index in [1.165, 1.54) is 23.9 Å². The fourth-order valence-corrected chi connectivity index (χ4v) is 4.71. The highest BCUT2D eigenvalue weighted by Crippen LogP contribution is 2.38. The van der Waals surface area contributed by atoms with Gasteiger partial charge < -0.3 is 4.90 Å². The van der Waals surface area contributed by atoms with Gasteiger partial charge in [0.25, 0.3) is 0 Å². The second-order valence-corrected chi connectivity index (χ2v) is 8.23. The Bertz CT molecular complexity index is 1010. The second kappa shape index (κ2) is 9.26. The minimum Gasteiger partial charge on any atom is -0.341 e. The molecule has 4 rings (SSSR count). The number of carbonyl (C=O) groups is 1. The number of nitrogens with zero attached hydrogens (tertiary/aromatic N) is 4. The molecule has 0 saturated carbocycles. The summed E-state index contributed by atoms with van der Waals surface area (Å²) in [7, 11) is 0. The van der Waals surface area contributed by atoms with E-state index >= 15 is 0 Å². The third-order valence-electron chi connectivity index (χ3n) is 5.10. The molecule has 0 aliphatic carbocycles. The van der Waals surface area contributed by atoms with Crippen LogP contribution in [0.1, 0.15) is 23.7 Å².